The van der Waals surface area contributed by atoms with Crippen LogP contribution in [0.1, 0.15) is 0 Å². The molecule has 5 nitrogen and oxygen atoms in total. The summed E-state index contributed by atoms with van der Waals surface area (Å²) in [5.74, 6) is 0. The molecule has 0 radical (unpaired) electrons. The second-order valence-corrected chi connectivity index (χ2v) is 1.36. The van der Waals surface area contributed by atoms with Gasteiger partial charge in [-0.05, 0) is 11.6 Å². The second kappa shape index (κ2) is 3.96. The summed E-state index contributed by atoms with van der Waals surface area (Å²) in [4.78, 5) is 20.0. The number of amides is 2. The first kappa shape index (κ1) is 8.03. The van der Waals surface area contributed by atoms with Crippen LogP contribution in [0.3, 0.4) is 0 Å². The Morgan fingerprint density at radius 3 is 2.33 bits per heavy atom. The van der Waals surface area contributed by atoms with Gasteiger partial charge in [0, 0.05) is 0 Å². The predicted molar refractivity (Wildman–Crippen MR) is 29.9 cm³/mol. The van der Waals surface area contributed by atoms with Gasteiger partial charge in [-0.2, -0.15) is 0 Å². The summed E-state index contributed by atoms with van der Waals surface area (Å²) < 4.78 is 4.08. The molecule has 6 heteroatoms. The third-order valence-corrected chi connectivity index (χ3v) is 0.543. The van der Waals surface area contributed by atoms with Crippen molar-refractivity contribution in [1.82, 2.24) is 10.9 Å². The summed E-state index contributed by atoms with van der Waals surface area (Å²) in [5.41, 5.74) is 3.64. The summed E-state index contributed by atoms with van der Waals surface area (Å²) >= 11 is 4.76. The second-order valence-electron chi connectivity index (χ2n) is 1.02. The van der Waals surface area contributed by atoms with E-state index in [0.717, 1.165) is 7.11 Å². The Hall–Kier alpha value is -0.970. The maximum absolute atomic E-state index is 10.1. The zero-order chi connectivity index (χ0) is 7.28. The van der Waals surface area contributed by atoms with Gasteiger partial charge in [-0.3, -0.25) is 10.2 Å². The van der Waals surface area contributed by atoms with Crippen LogP contribution in [0.15, 0.2) is 0 Å². The third-order valence-electron chi connectivity index (χ3n) is 0.448. The molecule has 0 rings (SSSR count). The highest BCUT2D eigenvalue weighted by Crippen LogP contribution is 1.73. The lowest BCUT2D eigenvalue weighted by Gasteiger charge is -1.99. The summed E-state index contributed by atoms with van der Waals surface area (Å²) in [5, 5.41) is -0.875. The fraction of sp³-hybridized carbons (Fsp3) is 0.333. The van der Waals surface area contributed by atoms with Gasteiger partial charge >= 0.3 is 11.5 Å². The number of nitrogens with one attached hydrogen (secondary N) is 2. The van der Waals surface area contributed by atoms with Crippen LogP contribution in [0.5, 0.6) is 0 Å². The molecule has 0 fully saturated rings. The Kier molecular flexibility index (Phi) is 3.54. The van der Waals surface area contributed by atoms with Crippen molar-refractivity contribution in [3.8, 4) is 0 Å². The predicted octanol–water partition coefficient (Wildman–Crippen LogP) is 0.206. The van der Waals surface area contributed by atoms with Crippen molar-refractivity contribution < 1.29 is 14.3 Å². The maximum atomic E-state index is 10.1. The van der Waals surface area contributed by atoms with Crippen LogP contribution >= 0.6 is 11.6 Å². The number of rotatable bonds is 0. The minimum atomic E-state index is -0.875. The lowest BCUT2D eigenvalue weighted by Crippen LogP contribution is -2.38. The maximum Gasteiger partial charge on any atom is 0.425 e. The number of ether oxygens (including phenoxy) is 1. The Labute approximate surface area is 56.3 Å². The molecule has 0 aliphatic heterocycles. The molecule has 0 aromatic heterocycles. The highest BCUT2D eigenvalue weighted by Gasteiger charge is 1.97. The van der Waals surface area contributed by atoms with Gasteiger partial charge in [0.05, 0.1) is 7.11 Å². The standard InChI is InChI=1S/C3H5ClN2O3/c1-9-3(8)6-5-2(4)7/h1H3,(H,5,7)(H,6,8). The third kappa shape index (κ3) is 4.89. The van der Waals surface area contributed by atoms with E-state index in [1.54, 1.807) is 5.43 Å². The molecular formula is C3H5ClN2O3. The number of hydrogen-bond donors (Lipinski definition) is 2. The van der Waals surface area contributed by atoms with Crippen molar-refractivity contribution >= 4 is 23.1 Å². The van der Waals surface area contributed by atoms with E-state index in [9.17, 15) is 9.59 Å². The van der Waals surface area contributed by atoms with E-state index in [0.29, 0.717) is 0 Å². The first-order valence-electron chi connectivity index (χ1n) is 1.96. The minimum absolute atomic E-state index is 0.774. The monoisotopic (exact) mass is 152 g/mol. The van der Waals surface area contributed by atoms with E-state index in [1.807, 2.05) is 5.43 Å². The average Bonchev–Trinajstić information content (AvgIpc) is 1.83. The van der Waals surface area contributed by atoms with Crippen LogP contribution in [-0.4, -0.2) is 18.6 Å². The highest BCUT2D eigenvalue weighted by molar-refractivity contribution is 6.62. The number of carbonyl (C=O) groups is 2. The van der Waals surface area contributed by atoms with E-state index < -0.39 is 11.5 Å². The van der Waals surface area contributed by atoms with Gasteiger partial charge in [0.25, 0.3) is 0 Å². The van der Waals surface area contributed by atoms with Crippen molar-refractivity contribution in [2.75, 3.05) is 7.11 Å². The van der Waals surface area contributed by atoms with Crippen LogP contribution in [-0.2, 0) is 4.74 Å². The molecule has 0 aromatic rings. The molecule has 0 heterocycles. The molecule has 52 valence electrons. The van der Waals surface area contributed by atoms with E-state index >= 15 is 0 Å². The summed E-state index contributed by atoms with van der Waals surface area (Å²) in [7, 11) is 1.16. The first-order valence-corrected chi connectivity index (χ1v) is 2.34. The van der Waals surface area contributed by atoms with Crippen molar-refractivity contribution in [1.29, 1.82) is 0 Å². The highest BCUT2D eigenvalue weighted by atomic mass is 35.5. The summed E-state index contributed by atoms with van der Waals surface area (Å²) in [6, 6.07) is 0. The van der Waals surface area contributed by atoms with Crippen molar-refractivity contribution in [3.05, 3.63) is 0 Å². The largest absolute Gasteiger partial charge is 0.452 e. The van der Waals surface area contributed by atoms with Crippen molar-refractivity contribution in [2.45, 2.75) is 0 Å². The molecule has 9 heavy (non-hydrogen) atoms. The molecule has 2 N–H and O–H groups in total. The van der Waals surface area contributed by atoms with E-state index in [-0.39, 0.29) is 0 Å². The summed E-state index contributed by atoms with van der Waals surface area (Å²) in [6.07, 6.45) is -0.774. The zero-order valence-electron chi connectivity index (χ0n) is 4.60. The van der Waals surface area contributed by atoms with Gasteiger partial charge in [0.2, 0.25) is 0 Å². The van der Waals surface area contributed by atoms with Crippen molar-refractivity contribution in [3.63, 3.8) is 0 Å². The van der Waals surface area contributed by atoms with Crippen LogP contribution in [0.25, 0.3) is 0 Å². The van der Waals surface area contributed by atoms with E-state index in [4.69, 9.17) is 11.6 Å². The van der Waals surface area contributed by atoms with E-state index in [1.165, 1.54) is 0 Å². The average molecular weight is 153 g/mol. The fourth-order valence-electron chi connectivity index (χ4n) is 0.151. The Morgan fingerprint density at radius 1 is 1.44 bits per heavy atom. The molecule has 0 aromatic carbocycles. The molecule has 0 bridgehead atoms. The van der Waals surface area contributed by atoms with Crippen LogP contribution in [0.2, 0.25) is 0 Å². The lowest BCUT2D eigenvalue weighted by molar-refractivity contribution is 0.166. The van der Waals surface area contributed by atoms with Gasteiger partial charge in [0.1, 0.15) is 0 Å². The first-order chi connectivity index (χ1) is 4.16. The van der Waals surface area contributed by atoms with Gasteiger partial charge < -0.3 is 4.74 Å². The Morgan fingerprint density at radius 2 is 2.00 bits per heavy atom. The molecule has 0 aliphatic rings. The Bertz CT molecular complexity index is 126. The Balaban J connectivity index is 3.28. The van der Waals surface area contributed by atoms with Crippen LogP contribution < -0.4 is 10.9 Å². The fourth-order valence-corrected chi connectivity index (χ4v) is 0.198. The van der Waals surface area contributed by atoms with E-state index in [2.05, 4.69) is 4.74 Å². The summed E-state index contributed by atoms with van der Waals surface area (Å²) in [6.45, 7) is 0. The van der Waals surface area contributed by atoms with Crippen molar-refractivity contribution in [2.24, 2.45) is 0 Å². The van der Waals surface area contributed by atoms with Gasteiger partial charge in [-0.1, -0.05) is 0 Å². The normalized spacial score (nSPS) is 7.78. The molecule has 0 spiro atoms. The molecule has 0 aliphatic carbocycles. The van der Waals surface area contributed by atoms with Crippen LogP contribution in [0.4, 0.5) is 9.59 Å². The minimum Gasteiger partial charge on any atom is -0.452 e. The van der Waals surface area contributed by atoms with Gasteiger partial charge in [-0.25, -0.2) is 10.2 Å². The quantitative estimate of drug-likeness (QED) is 0.296. The van der Waals surface area contributed by atoms with Gasteiger partial charge in [0.15, 0.2) is 0 Å². The molecule has 2 amide bonds. The number of methoxy groups -OCH3 is 1. The topological polar surface area (TPSA) is 67.4 Å². The number of hydrogen-bond acceptors (Lipinski definition) is 3. The number of halogens is 1. The number of hydrazine groups is 1. The van der Waals surface area contributed by atoms with Crippen LogP contribution in [0, 0.1) is 0 Å². The smallest absolute Gasteiger partial charge is 0.425 e. The lowest BCUT2D eigenvalue weighted by atomic mass is 11.2. The molecule has 0 saturated carbocycles. The molecule has 0 atom stereocenters. The molecule has 0 unspecified atom stereocenters. The molecular weight excluding hydrogens is 147 g/mol. The number of carbonyl (C=O) groups excluding carboxylic acids is 2. The zero-order valence-corrected chi connectivity index (χ0v) is 5.36. The molecule has 0 saturated heterocycles. The van der Waals surface area contributed by atoms with Gasteiger partial charge in [-0.15, -0.1) is 0 Å². The SMILES string of the molecule is COC(=O)NNC(=O)Cl.